The molecule has 0 bridgehead atoms. The van der Waals surface area contributed by atoms with Crippen LogP contribution in [0.4, 0.5) is 0 Å². The molecule has 1 amide bonds. The highest BCUT2D eigenvalue weighted by atomic mass is 16.3. The summed E-state index contributed by atoms with van der Waals surface area (Å²) in [5.74, 6) is 0.129. The molecule has 0 aliphatic rings. The summed E-state index contributed by atoms with van der Waals surface area (Å²) in [5, 5.41) is 12.9. The number of aromatic hydroxyl groups is 1. The Morgan fingerprint density at radius 2 is 2.06 bits per heavy atom. The van der Waals surface area contributed by atoms with Gasteiger partial charge in [0.05, 0.1) is 5.56 Å². The van der Waals surface area contributed by atoms with Crippen LogP contribution in [0.5, 0.6) is 5.75 Å². The fourth-order valence-corrected chi connectivity index (χ4v) is 1.88. The molecule has 1 aromatic rings. The lowest BCUT2D eigenvalue weighted by atomic mass is 9.99. The maximum absolute atomic E-state index is 11.9. The Hall–Kier alpha value is -1.51. The van der Waals surface area contributed by atoms with E-state index >= 15 is 0 Å². The maximum Gasteiger partial charge on any atom is 0.255 e. The molecule has 2 N–H and O–H groups in total. The molecule has 0 saturated carbocycles. The third-order valence-corrected chi connectivity index (χ3v) is 3.00. The Morgan fingerprint density at radius 1 is 1.33 bits per heavy atom. The molecule has 100 valence electrons. The molecule has 18 heavy (non-hydrogen) atoms. The minimum Gasteiger partial charge on any atom is -0.507 e. The first-order valence-electron chi connectivity index (χ1n) is 6.68. The van der Waals surface area contributed by atoms with Gasteiger partial charge in [-0.3, -0.25) is 4.79 Å². The van der Waals surface area contributed by atoms with Gasteiger partial charge in [0.2, 0.25) is 0 Å². The van der Waals surface area contributed by atoms with Gasteiger partial charge in [-0.1, -0.05) is 45.7 Å². The molecule has 0 aromatic heterocycles. The normalized spacial score (nSPS) is 10.7. The molecular weight excluding hydrogens is 226 g/mol. The van der Waals surface area contributed by atoms with E-state index in [1.54, 1.807) is 6.07 Å². The Labute approximate surface area is 109 Å². The van der Waals surface area contributed by atoms with Gasteiger partial charge < -0.3 is 10.4 Å². The number of hydrogen-bond acceptors (Lipinski definition) is 2. The average Bonchev–Trinajstić information content (AvgIpc) is 2.34. The Bertz CT molecular complexity index is 399. The second kappa shape index (κ2) is 7.04. The van der Waals surface area contributed by atoms with Crippen molar-refractivity contribution >= 4 is 5.91 Å². The number of carbonyl (C=O) groups excluding carboxylic acids is 1. The van der Waals surface area contributed by atoms with Crippen LogP contribution in [0.2, 0.25) is 0 Å². The van der Waals surface area contributed by atoms with Crippen molar-refractivity contribution in [3.05, 3.63) is 29.3 Å². The van der Waals surface area contributed by atoms with E-state index in [9.17, 15) is 9.90 Å². The van der Waals surface area contributed by atoms with Crippen molar-refractivity contribution in [3.8, 4) is 5.75 Å². The van der Waals surface area contributed by atoms with Crippen molar-refractivity contribution in [3.63, 3.8) is 0 Å². The van der Waals surface area contributed by atoms with Crippen LogP contribution in [0.1, 0.15) is 61.9 Å². The lowest BCUT2D eigenvalue weighted by molar-refractivity contribution is 0.0950. The predicted molar refractivity (Wildman–Crippen MR) is 74.1 cm³/mol. The smallest absolute Gasteiger partial charge is 0.255 e. The molecule has 0 radical (unpaired) electrons. The minimum atomic E-state index is -0.189. The summed E-state index contributed by atoms with van der Waals surface area (Å²) in [6.07, 6.45) is 3.22. The molecule has 0 aliphatic heterocycles. The molecule has 1 rings (SSSR count). The van der Waals surface area contributed by atoms with Crippen molar-refractivity contribution in [2.45, 2.75) is 46.0 Å². The molecule has 0 unspecified atom stereocenters. The third-order valence-electron chi connectivity index (χ3n) is 3.00. The van der Waals surface area contributed by atoms with Crippen molar-refractivity contribution in [2.75, 3.05) is 6.54 Å². The second-order valence-electron chi connectivity index (χ2n) is 4.86. The van der Waals surface area contributed by atoms with Crippen molar-refractivity contribution in [1.82, 2.24) is 5.32 Å². The molecular formula is C15H23NO2. The van der Waals surface area contributed by atoms with Gasteiger partial charge in [-0.25, -0.2) is 0 Å². The van der Waals surface area contributed by atoms with Gasteiger partial charge in [-0.2, -0.15) is 0 Å². The van der Waals surface area contributed by atoms with E-state index in [0.717, 1.165) is 24.8 Å². The fraction of sp³-hybridized carbons (Fsp3) is 0.533. The number of benzene rings is 1. The number of phenols is 1. The van der Waals surface area contributed by atoms with Gasteiger partial charge in [0.25, 0.3) is 5.91 Å². The number of unbranched alkanes of at least 4 members (excludes halogenated alkanes) is 2. The van der Waals surface area contributed by atoms with E-state index in [2.05, 4.69) is 12.2 Å². The number of para-hydroxylation sites is 1. The number of hydrogen-bond donors (Lipinski definition) is 2. The molecule has 0 fully saturated rings. The van der Waals surface area contributed by atoms with Crippen LogP contribution in [0.15, 0.2) is 18.2 Å². The first kappa shape index (κ1) is 14.6. The fourth-order valence-electron chi connectivity index (χ4n) is 1.88. The third kappa shape index (κ3) is 3.76. The first-order valence-corrected chi connectivity index (χ1v) is 6.68. The minimum absolute atomic E-state index is 0.112. The summed E-state index contributed by atoms with van der Waals surface area (Å²) in [7, 11) is 0. The average molecular weight is 249 g/mol. The second-order valence-corrected chi connectivity index (χ2v) is 4.86. The summed E-state index contributed by atoms with van der Waals surface area (Å²) >= 11 is 0. The highest BCUT2D eigenvalue weighted by molar-refractivity contribution is 5.97. The van der Waals surface area contributed by atoms with Crippen molar-refractivity contribution in [1.29, 1.82) is 0 Å². The zero-order chi connectivity index (χ0) is 13.5. The Morgan fingerprint density at radius 3 is 2.67 bits per heavy atom. The Balaban J connectivity index is 2.71. The topological polar surface area (TPSA) is 49.3 Å². The SMILES string of the molecule is CCCCCNC(=O)c1cccc(C(C)C)c1O. The largest absolute Gasteiger partial charge is 0.507 e. The van der Waals surface area contributed by atoms with Crippen LogP contribution in [0.3, 0.4) is 0 Å². The highest BCUT2D eigenvalue weighted by Gasteiger charge is 2.15. The predicted octanol–water partition coefficient (Wildman–Crippen LogP) is 3.44. The highest BCUT2D eigenvalue weighted by Crippen LogP contribution is 2.28. The summed E-state index contributed by atoms with van der Waals surface area (Å²) in [5.41, 5.74) is 1.19. The van der Waals surface area contributed by atoms with Crippen LogP contribution in [-0.2, 0) is 0 Å². The quantitative estimate of drug-likeness (QED) is 0.759. The Kier molecular flexibility index (Phi) is 5.69. The van der Waals surface area contributed by atoms with Gasteiger partial charge in [-0.15, -0.1) is 0 Å². The van der Waals surface area contributed by atoms with E-state index in [1.165, 1.54) is 0 Å². The van der Waals surface area contributed by atoms with Crippen LogP contribution >= 0.6 is 0 Å². The van der Waals surface area contributed by atoms with Gasteiger partial charge >= 0.3 is 0 Å². The monoisotopic (exact) mass is 249 g/mol. The zero-order valence-corrected chi connectivity index (χ0v) is 11.5. The van der Waals surface area contributed by atoms with Gasteiger partial charge in [0, 0.05) is 6.54 Å². The lowest BCUT2D eigenvalue weighted by Crippen LogP contribution is -2.24. The molecule has 1 aromatic carbocycles. The maximum atomic E-state index is 11.9. The van der Waals surface area contributed by atoms with Gasteiger partial charge in [-0.05, 0) is 24.0 Å². The lowest BCUT2D eigenvalue weighted by Gasteiger charge is -2.12. The molecule has 0 spiro atoms. The standard InChI is InChI=1S/C15H23NO2/c1-4-5-6-10-16-15(18)13-9-7-8-12(11(2)3)14(13)17/h7-9,11,17H,4-6,10H2,1-3H3,(H,16,18). The van der Waals surface area contributed by atoms with Crippen LogP contribution in [0.25, 0.3) is 0 Å². The summed E-state index contributed by atoms with van der Waals surface area (Å²) in [4.78, 5) is 11.9. The molecule has 0 saturated heterocycles. The molecule has 3 heteroatoms. The van der Waals surface area contributed by atoms with E-state index < -0.39 is 0 Å². The zero-order valence-electron chi connectivity index (χ0n) is 11.5. The molecule has 0 aliphatic carbocycles. The van der Waals surface area contributed by atoms with Gasteiger partial charge in [0.1, 0.15) is 5.75 Å². The van der Waals surface area contributed by atoms with Crippen LogP contribution in [-0.4, -0.2) is 17.6 Å². The summed E-state index contributed by atoms with van der Waals surface area (Å²) in [6.45, 7) is 6.79. The van der Waals surface area contributed by atoms with Gasteiger partial charge in [0.15, 0.2) is 0 Å². The number of phenolic OH excluding ortho intramolecular Hbond substituents is 1. The van der Waals surface area contributed by atoms with Crippen molar-refractivity contribution in [2.24, 2.45) is 0 Å². The van der Waals surface area contributed by atoms with E-state index in [-0.39, 0.29) is 17.6 Å². The van der Waals surface area contributed by atoms with E-state index in [1.807, 2.05) is 26.0 Å². The van der Waals surface area contributed by atoms with Crippen LogP contribution < -0.4 is 5.32 Å². The molecule has 3 nitrogen and oxygen atoms in total. The molecule has 0 atom stereocenters. The van der Waals surface area contributed by atoms with Crippen molar-refractivity contribution < 1.29 is 9.90 Å². The van der Waals surface area contributed by atoms with E-state index in [0.29, 0.717) is 12.1 Å². The van der Waals surface area contributed by atoms with E-state index in [4.69, 9.17) is 0 Å². The number of carbonyl (C=O) groups is 1. The summed E-state index contributed by atoms with van der Waals surface area (Å²) < 4.78 is 0. The number of nitrogens with one attached hydrogen (secondary N) is 1. The van der Waals surface area contributed by atoms with Crippen LogP contribution in [0, 0.1) is 0 Å². The number of rotatable bonds is 6. The molecule has 0 heterocycles. The number of amides is 1. The summed E-state index contributed by atoms with van der Waals surface area (Å²) in [6, 6.07) is 5.33. The first-order chi connectivity index (χ1) is 8.57.